The van der Waals surface area contributed by atoms with Crippen LogP contribution in [-0.4, -0.2) is 35.8 Å². The molecule has 26 heavy (non-hydrogen) atoms. The molecule has 1 aliphatic rings. The molecule has 0 unspecified atom stereocenters. The van der Waals surface area contributed by atoms with Gasteiger partial charge in [0.05, 0.1) is 17.9 Å². The zero-order valence-electron chi connectivity index (χ0n) is 14.3. The number of pyridine rings is 1. The van der Waals surface area contributed by atoms with Gasteiger partial charge in [-0.3, -0.25) is 4.79 Å². The number of hydrogen-bond donors (Lipinski definition) is 0. The van der Waals surface area contributed by atoms with Crippen LogP contribution in [0.3, 0.4) is 0 Å². The lowest BCUT2D eigenvalue weighted by atomic mass is 10.2. The summed E-state index contributed by atoms with van der Waals surface area (Å²) < 4.78 is 4.93. The zero-order valence-corrected chi connectivity index (χ0v) is 15.1. The Bertz CT molecular complexity index is 892. The smallest absolute Gasteiger partial charge is 0.356 e. The highest BCUT2D eigenvalue weighted by molar-refractivity contribution is 8.00. The number of fused-ring (bicyclic) bond motifs is 1. The number of para-hydroxylation sites is 1. The summed E-state index contributed by atoms with van der Waals surface area (Å²) in [6, 6.07) is 12.9. The molecule has 0 radical (unpaired) electrons. The van der Waals surface area contributed by atoms with E-state index in [0.717, 1.165) is 29.4 Å². The Kier molecular flexibility index (Phi) is 5.54. The van der Waals surface area contributed by atoms with E-state index in [9.17, 15) is 14.9 Å². The molecule has 0 bridgehead atoms. The number of rotatable bonds is 5. The number of aromatic nitrogens is 1. The van der Waals surface area contributed by atoms with Crippen molar-refractivity contribution in [2.75, 3.05) is 23.8 Å². The summed E-state index contributed by atoms with van der Waals surface area (Å²) in [5.41, 5.74) is 2.56. The van der Waals surface area contributed by atoms with Crippen molar-refractivity contribution in [2.45, 2.75) is 18.4 Å². The number of nitrogens with zero attached hydrogens (tertiary/aromatic N) is 3. The van der Waals surface area contributed by atoms with Crippen molar-refractivity contribution in [1.29, 1.82) is 5.26 Å². The van der Waals surface area contributed by atoms with Crippen molar-refractivity contribution >= 4 is 29.3 Å². The maximum atomic E-state index is 12.6. The molecule has 0 fully saturated rings. The predicted molar refractivity (Wildman–Crippen MR) is 98.1 cm³/mol. The van der Waals surface area contributed by atoms with Crippen LogP contribution in [0.1, 0.15) is 28.5 Å². The molecule has 7 heteroatoms. The van der Waals surface area contributed by atoms with Crippen LogP contribution in [0, 0.1) is 11.3 Å². The highest BCUT2D eigenvalue weighted by Crippen LogP contribution is 2.29. The number of thioether (sulfide) groups is 1. The van der Waals surface area contributed by atoms with Crippen molar-refractivity contribution in [3.63, 3.8) is 0 Å². The average Bonchev–Trinajstić information content (AvgIpc) is 3.10. The van der Waals surface area contributed by atoms with Crippen molar-refractivity contribution in [3.8, 4) is 6.07 Å². The van der Waals surface area contributed by atoms with Gasteiger partial charge in [0.25, 0.3) is 0 Å². The Morgan fingerprint density at radius 1 is 1.31 bits per heavy atom. The minimum Gasteiger partial charge on any atom is -0.461 e. The van der Waals surface area contributed by atoms with Crippen LogP contribution < -0.4 is 4.90 Å². The molecule has 0 saturated heterocycles. The van der Waals surface area contributed by atoms with Gasteiger partial charge in [0, 0.05) is 12.2 Å². The summed E-state index contributed by atoms with van der Waals surface area (Å²) in [6.07, 6.45) is 0.840. The number of anilines is 1. The fourth-order valence-electron chi connectivity index (χ4n) is 2.76. The highest BCUT2D eigenvalue weighted by Gasteiger charge is 2.24. The van der Waals surface area contributed by atoms with Crippen LogP contribution in [0.4, 0.5) is 5.69 Å². The summed E-state index contributed by atoms with van der Waals surface area (Å²) in [6.45, 7) is 2.61. The van der Waals surface area contributed by atoms with Gasteiger partial charge in [-0.2, -0.15) is 5.26 Å². The van der Waals surface area contributed by atoms with Crippen LogP contribution in [0.2, 0.25) is 0 Å². The lowest BCUT2D eigenvalue weighted by molar-refractivity contribution is -0.116. The predicted octanol–water partition coefficient (Wildman–Crippen LogP) is 2.81. The molecule has 0 atom stereocenters. The molecule has 6 nitrogen and oxygen atoms in total. The van der Waals surface area contributed by atoms with Gasteiger partial charge in [-0.05, 0) is 37.1 Å². The standard InChI is InChI=1S/C19H17N3O3S/c1-2-25-19(24)15-8-7-14(11-20)18(21-15)26-12-17(23)22-10-9-13-5-3-4-6-16(13)22/h3-8H,2,9-10,12H2,1H3. The quantitative estimate of drug-likeness (QED) is 0.597. The van der Waals surface area contributed by atoms with E-state index >= 15 is 0 Å². The third-order valence-electron chi connectivity index (χ3n) is 3.99. The number of carbonyl (C=O) groups excluding carboxylic acids is 2. The first-order chi connectivity index (χ1) is 12.6. The van der Waals surface area contributed by atoms with Crippen molar-refractivity contribution in [1.82, 2.24) is 4.98 Å². The summed E-state index contributed by atoms with van der Waals surface area (Å²) in [5, 5.41) is 9.60. The summed E-state index contributed by atoms with van der Waals surface area (Å²) in [4.78, 5) is 30.4. The third-order valence-corrected chi connectivity index (χ3v) is 4.96. The van der Waals surface area contributed by atoms with E-state index in [1.54, 1.807) is 11.8 Å². The van der Waals surface area contributed by atoms with E-state index in [-0.39, 0.29) is 24.0 Å². The van der Waals surface area contributed by atoms with Gasteiger partial charge < -0.3 is 9.64 Å². The second kappa shape index (κ2) is 8.02. The molecule has 0 spiro atoms. The molecule has 1 amide bonds. The van der Waals surface area contributed by atoms with E-state index in [4.69, 9.17) is 4.74 Å². The second-order valence-corrected chi connectivity index (χ2v) is 6.56. The van der Waals surface area contributed by atoms with E-state index < -0.39 is 5.97 Å². The van der Waals surface area contributed by atoms with Gasteiger partial charge in [0.1, 0.15) is 16.8 Å². The molecule has 0 N–H and O–H groups in total. The van der Waals surface area contributed by atoms with E-state index in [0.29, 0.717) is 17.1 Å². The van der Waals surface area contributed by atoms with Crippen molar-refractivity contribution < 1.29 is 14.3 Å². The Morgan fingerprint density at radius 2 is 2.12 bits per heavy atom. The first-order valence-corrected chi connectivity index (χ1v) is 9.22. The second-order valence-electron chi connectivity index (χ2n) is 5.59. The number of esters is 1. The van der Waals surface area contributed by atoms with Crippen LogP contribution >= 0.6 is 11.8 Å². The van der Waals surface area contributed by atoms with Gasteiger partial charge in [0.2, 0.25) is 5.91 Å². The summed E-state index contributed by atoms with van der Waals surface area (Å²) in [7, 11) is 0. The van der Waals surface area contributed by atoms with Crippen molar-refractivity contribution in [3.05, 3.63) is 53.2 Å². The molecule has 2 aromatic rings. The molecule has 1 aliphatic heterocycles. The molecule has 132 valence electrons. The number of amides is 1. The normalized spacial score (nSPS) is 12.4. The fraction of sp³-hybridized carbons (Fsp3) is 0.263. The van der Waals surface area contributed by atoms with E-state index in [2.05, 4.69) is 4.98 Å². The Balaban J connectivity index is 1.73. The van der Waals surface area contributed by atoms with Crippen LogP contribution in [0.25, 0.3) is 0 Å². The number of carbonyl (C=O) groups is 2. The van der Waals surface area contributed by atoms with E-state index in [1.165, 1.54) is 12.1 Å². The lowest BCUT2D eigenvalue weighted by Crippen LogP contribution is -2.30. The van der Waals surface area contributed by atoms with Crippen LogP contribution in [0.15, 0.2) is 41.4 Å². The summed E-state index contributed by atoms with van der Waals surface area (Å²) >= 11 is 1.16. The van der Waals surface area contributed by atoms with Gasteiger partial charge in [-0.25, -0.2) is 9.78 Å². The maximum absolute atomic E-state index is 12.6. The first-order valence-electron chi connectivity index (χ1n) is 8.23. The van der Waals surface area contributed by atoms with Gasteiger partial charge >= 0.3 is 5.97 Å². The number of hydrogen-bond acceptors (Lipinski definition) is 6. The SMILES string of the molecule is CCOC(=O)c1ccc(C#N)c(SCC(=O)N2CCc3ccccc32)n1. The van der Waals surface area contributed by atoms with Gasteiger partial charge in [0.15, 0.2) is 0 Å². The molecule has 0 saturated carbocycles. The largest absolute Gasteiger partial charge is 0.461 e. The topological polar surface area (TPSA) is 83.3 Å². The lowest BCUT2D eigenvalue weighted by Gasteiger charge is -2.17. The Labute approximate surface area is 155 Å². The molecule has 3 rings (SSSR count). The minimum absolute atomic E-state index is 0.0489. The zero-order chi connectivity index (χ0) is 18.5. The van der Waals surface area contributed by atoms with Crippen LogP contribution in [-0.2, 0) is 16.0 Å². The fourth-order valence-corrected chi connectivity index (χ4v) is 3.61. The number of benzene rings is 1. The van der Waals surface area contributed by atoms with Crippen molar-refractivity contribution in [2.24, 2.45) is 0 Å². The minimum atomic E-state index is -0.543. The van der Waals surface area contributed by atoms with Gasteiger partial charge in [-0.1, -0.05) is 30.0 Å². The van der Waals surface area contributed by atoms with E-state index in [1.807, 2.05) is 30.3 Å². The molecule has 0 aliphatic carbocycles. The third kappa shape index (κ3) is 3.70. The Morgan fingerprint density at radius 3 is 2.88 bits per heavy atom. The molecule has 1 aromatic heterocycles. The average molecular weight is 367 g/mol. The molecule has 1 aromatic carbocycles. The first kappa shape index (κ1) is 18.0. The Hall–Kier alpha value is -2.85. The number of ether oxygens (including phenoxy) is 1. The summed E-state index contributed by atoms with van der Waals surface area (Å²) in [5.74, 6) is -0.451. The number of nitriles is 1. The maximum Gasteiger partial charge on any atom is 0.356 e. The highest BCUT2D eigenvalue weighted by atomic mass is 32.2. The monoisotopic (exact) mass is 367 g/mol. The molecular weight excluding hydrogens is 350 g/mol. The van der Waals surface area contributed by atoms with Crippen LogP contribution in [0.5, 0.6) is 0 Å². The van der Waals surface area contributed by atoms with Gasteiger partial charge in [-0.15, -0.1) is 0 Å². The molecule has 2 heterocycles. The molecular formula is C19H17N3O3S.